The lowest BCUT2D eigenvalue weighted by molar-refractivity contribution is 0.163. The van der Waals surface area contributed by atoms with Gasteiger partial charge in [0.15, 0.2) is 0 Å². The van der Waals surface area contributed by atoms with E-state index >= 15 is 0 Å². The van der Waals surface area contributed by atoms with E-state index in [4.69, 9.17) is 4.74 Å². The first kappa shape index (κ1) is 11.3. The maximum absolute atomic E-state index is 13.7. The summed E-state index contributed by atoms with van der Waals surface area (Å²) in [6.07, 6.45) is 0.668. The van der Waals surface area contributed by atoms with Gasteiger partial charge in [-0.05, 0) is 13.5 Å². The summed E-state index contributed by atoms with van der Waals surface area (Å²) in [4.78, 5) is 0. The molecule has 0 saturated carbocycles. The molecule has 16 heavy (non-hydrogen) atoms. The zero-order valence-electron chi connectivity index (χ0n) is 9.39. The Bertz CT molecular complexity index is 395. The quantitative estimate of drug-likeness (QED) is 0.838. The molecule has 1 aliphatic heterocycles. The van der Waals surface area contributed by atoms with Crippen molar-refractivity contribution in [3.63, 3.8) is 0 Å². The van der Waals surface area contributed by atoms with Crippen molar-refractivity contribution in [2.75, 3.05) is 6.54 Å². The first-order chi connectivity index (χ1) is 7.61. The fourth-order valence-corrected chi connectivity index (χ4v) is 2.14. The zero-order valence-corrected chi connectivity index (χ0v) is 9.39. The highest BCUT2D eigenvalue weighted by Crippen LogP contribution is 2.37. The van der Waals surface area contributed by atoms with Crippen molar-refractivity contribution in [1.82, 2.24) is 5.32 Å². The summed E-state index contributed by atoms with van der Waals surface area (Å²) < 4.78 is 32.2. The molecule has 1 aromatic rings. The molecule has 1 aromatic carbocycles. The lowest BCUT2D eigenvalue weighted by Crippen LogP contribution is -2.32. The zero-order chi connectivity index (χ0) is 11.7. The number of nitrogens with one attached hydrogen (secondary N) is 1. The Morgan fingerprint density at radius 2 is 2.19 bits per heavy atom. The second-order valence-electron chi connectivity index (χ2n) is 4.07. The van der Waals surface area contributed by atoms with Gasteiger partial charge in [-0.3, -0.25) is 0 Å². The third-order valence-electron chi connectivity index (χ3n) is 2.75. The van der Waals surface area contributed by atoms with Gasteiger partial charge in [0.25, 0.3) is 0 Å². The van der Waals surface area contributed by atoms with E-state index in [-0.39, 0.29) is 12.1 Å². The molecule has 1 heterocycles. The summed E-state index contributed by atoms with van der Waals surface area (Å²) in [5, 5.41) is 3.19. The van der Waals surface area contributed by atoms with Crippen LogP contribution in [0.25, 0.3) is 0 Å². The molecule has 0 aliphatic carbocycles. The minimum absolute atomic E-state index is 0.0299. The molecule has 0 radical (unpaired) electrons. The van der Waals surface area contributed by atoms with Gasteiger partial charge in [0, 0.05) is 30.2 Å². The van der Waals surface area contributed by atoms with Gasteiger partial charge in [0.1, 0.15) is 17.4 Å². The molecular weight excluding hydrogens is 212 g/mol. The molecule has 2 rings (SSSR count). The molecule has 0 spiro atoms. The molecule has 2 atom stereocenters. The monoisotopic (exact) mass is 227 g/mol. The number of benzene rings is 1. The average Bonchev–Trinajstić information content (AvgIpc) is 2.15. The topological polar surface area (TPSA) is 21.3 Å². The molecule has 4 heteroatoms. The van der Waals surface area contributed by atoms with E-state index in [2.05, 4.69) is 5.32 Å². The van der Waals surface area contributed by atoms with Gasteiger partial charge in [-0.1, -0.05) is 6.92 Å². The second kappa shape index (κ2) is 4.37. The van der Waals surface area contributed by atoms with Gasteiger partial charge in [0.2, 0.25) is 0 Å². The van der Waals surface area contributed by atoms with Gasteiger partial charge >= 0.3 is 0 Å². The smallest absolute Gasteiger partial charge is 0.134 e. The number of ether oxygens (including phenoxy) is 1. The van der Waals surface area contributed by atoms with Crippen molar-refractivity contribution in [3.05, 3.63) is 29.3 Å². The van der Waals surface area contributed by atoms with Crippen molar-refractivity contribution in [2.24, 2.45) is 0 Å². The van der Waals surface area contributed by atoms with Crippen LogP contribution in [0, 0.1) is 11.6 Å². The number of rotatable bonds is 2. The fourth-order valence-electron chi connectivity index (χ4n) is 2.14. The molecule has 88 valence electrons. The van der Waals surface area contributed by atoms with Crippen LogP contribution < -0.4 is 10.1 Å². The first-order valence-corrected chi connectivity index (χ1v) is 5.50. The van der Waals surface area contributed by atoms with Gasteiger partial charge in [-0.15, -0.1) is 0 Å². The minimum atomic E-state index is -0.597. The predicted octanol–water partition coefficient (Wildman–Crippen LogP) is 2.79. The van der Waals surface area contributed by atoms with E-state index in [0.717, 1.165) is 12.6 Å². The molecule has 0 amide bonds. The second-order valence-corrected chi connectivity index (χ2v) is 4.07. The van der Waals surface area contributed by atoms with Gasteiger partial charge in [0.05, 0.1) is 6.10 Å². The summed E-state index contributed by atoms with van der Waals surface area (Å²) in [6.45, 7) is 4.60. The van der Waals surface area contributed by atoms with Crippen LogP contribution in [-0.2, 0) is 0 Å². The molecule has 0 fully saturated rings. The molecule has 1 N–H and O–H groups in total. The predicted molar refractivity (Wildman–Crippen MR) is 57.5 cm³/mol. The summed E-state index contributed by atoms with van der Waals surface area (Å²) in [6, 6.07) is 2.06. The summed E-state index contributed by atoms with van der Waals surface area (Å²) in [5.74, 6) is -0.810. The molecule has 0 bridgehead atoms. The van der Waals surface area contributed by atoms with Crippen molar-refractivity contribution >= 4 is 0 Å². The number of hydrogen-bond donors (Lipinski definition) is 1. The van der Waals surface area contributed by atoms with E-state index in [0.29, 0.717) is 17.7 Å². The van der Waals surface area contributed by atoms with Crippen molar-refractivity contribution in [1.29, 1.82) is 0 Å². The van der Waals surface area contributed by atoms with Crippen LogP contribution in [-0.4, -0.2) is 12.6 Å². The lowest BCUT2D eigenvalue weighted by atomic mass is 9.96. The lowest BCUT2D eigenvalue weighted by Gasteiger charge is -2.31. The van der Waals surface area contributed by atoms with Crippen molar-refractivity contribution in [2.45, 2.75) is 32.4 Å². The van der Waals surface area contributed by atoms with Crippen LogP contribution in [0.4, 0.5) is 8.78 Å². The Morgan fingerprint density at radius 1 is 1.44 bits per heavy atom. The third-order valence-corrected chi connectivity index (χ3v) is 2.75. The van der Waals surface area contributed by atoms with E-state index in [9.17, 15) is 8.78 Å². The van der Waals surface area contributed by atoms with Crippen LogP contribution in [0.2, 0.25) is 0 Å². The van der Waals surface area contributed by atoms with Crippen LogP contribution in [0.1, 0.15) is 31.9 Å². The molecule has 2 unspecified atom stereocenters. The maximum atomic E-state index is 13.7. The highest BCUT2D eigenvalue weighted by Gasteiger charge is 2.28. The highest BCUT2D eigenvalue weighted by molar-refractivity contribution is 5.39. The number of hydrogen-bond acceptors (Lipinski definition) is 2. The minimum Gasteiger partial charge on any atom is -0.490 e. The van der Waals surface area contributed by atoms with Crippen molar-refractivity contribution in [3.8, 4) is 5.75 Å². The third kappa shape index (κ3) is 2.02. The SMILES string of the molecule is CCNC1CC(C)Oc2cc(F)cc(F)c21. The Hall–Kier alpha value is -1.16. The van der Waals surface area contributed by atoms with Gasteiger partial charge in [-0.25, -0.2) is 8.78 Å². The first-order valence-electron chi connectivity index (χ1n) is 5.50. The molecule has 0 saturated heterocycles. The average molecular weight is 227 g/mol. The Morgan fingerprint density at radius 3 is 2.88 bits per heavy atom. The number of fused-ring (bicyclic) bond motifs is 1. The molecular formula is C12H15F2NO. The normalized spacial score (nSPS) is 23.8. The van der Waals surface area contributed by atoms with Gasteiger partial charge in [-0.2, -0.15) is 0 Å². The fraction of sp³-hybridized carbons (Fsp3) is 0.500. The summed E-state index contributed by atoms with van der Waals surface area (Å²) >= 11 is 0. The van der Waals surface area contributed by atoms with E-state index in [1.807, 2.05) is 13.8 Å². The molecule has 0 aromatic heterocycles. The Labute approximate surface area is 93.6 Å². The Balaban J connectivity index is 2.44. The molecule has 2 nitrogen and oxygen atoms in total. The molecule has 1 aliphatic rings. The highest BCUT2D eigenvalue weighted by atomic mass is 19.1. The van der Waals surface area contributed by atoms with Crippen LogP contribution in [0.3, 0.4) is 0 Å². The van der Waals surface area contributed by atoms with E-state index in [1.165, 1.54) is 6.07 Å². The van der Waals surface area contributed by atoms with E-state index < -0.39 is 11.6 Å². The Kier molecular flexibility index (Phi) is 3.10. The van der Waals surface area contributed by atoms with Crippen LogP contribution in [0.5, 0.6) is 5.75 Å². The summed E-state index contributed by atoms with van der Waals surface area (Å²) in [7, 11) is 0. The standard InChI is InChI=1S/C12H15F2NO/c1-3-15-10-4-7(2)16-11-6-8(13)5-9(14)12(10)11/h5-7,10,15H,3-4H2,1-2H3. The van der Waals surface area contributed by atoms with Gasteiger partial charge < -0.3 is 10.1 Å². The number of halogens is 2. The van der Waals surface area contributed by atoms with E-state index in [1.54, 1.807) is 0 Å². The van der Waals surface area contributed by atoms with Crippen LogP contribution in [0.15, 0.2) is 12.1 Å². The maximum Gasteiger partial charge on any atom is 0.134 e. The largest absolute Gasteiger partial charge is 0.490 e. The summed E-state index contributed by atoms with van der Waals surface area (Å²) in [5.41, 5.74) is 0.446. The van der Waals surface area contributed by atoms with Crippen molar-refractivity contribution < 1.29 is 13.5 Å². The van der Waals surface area contributed by atoms with Crippen LogP contribution >= 0.6 is 0 Å².